The molecule has 0 unspecified atom stereocenters. The van der Waals surface area contributed by atoms with Gasteiger partial charge >= 0.3 is 0 Å². The highest BCUT2D eigenvalue weighted by molar-refractivity contribution is 7.99. The maximum absolute atomic E-state index is 5.85. The van der Waals surface area contributed by atoms with E-state index < -0.39 is 0 Å². The summed E-state index contributed by atoms with van der Waals surface area (Å²) in [7, 11) is 1.94. The highest BCUT2D eigenvalue weighted by Gasteiger charge is 2.18. The molecule has 9 heteroatoms. The van der Waals surface area contributed by atoms with Crippen LogP contribution in [0.25, 0.3) is 22.5 Å². The summed E-state index contributed by atoms with van der Waals surface area (Å²) in [5.41, 5.74) is 9.48. The fourth-order valence-corrected chi connectivity index (χ4v) is 3.84. The number of anilines is 1. The predicted octanol–water partition coefficient (Wildman–Crippen LogP) is 2.42. The van der Waals surface area contributed by atoms with Crippen LogP contribution in [-0.4, -0.2) is 45.0 Å². The number of tetrazole rings is 1. The topological polar surface area (TPSA) is 105 Å². The fraction of sp³-hybridized carbons (Fsp3) is 0.250. The second-order valence-corrected chi connectivity index (χ2v) is 7.03. The third kappa shape index (κ3) is 3.78. The summed E-state index contributed by atoms with van der Waals surface area (Å²) in [5, 5.41) is 17.6. The number of rotatable bonds is 6. The zero-order valence-corrected chi connectivity index (χ0v) is 15.7. The molecular weight excluding hydrogens is 354 g/mol. The van der Waals surface area contributed by atoms with Crippen LogP contribution in [0.5, 0.6) is 0 Å². The van der Waals surface area contributed by atoms with Crippen LogP contribution < -0.4 is 11.1 Å². The first-order valence-corrected chi connectivity index (χ1v) is 9.14. The lowest BCUT2D eigenvalue weighted by molar-refractivity contribution is 0.871. The lowest BCUT2D eigenvalue weighted by Gasteiger charge is -2.14. The fourth-order valence-electron chi connectivity index (χ4n) is 2.42. The van der Waals surface area contributed by atoms with E-state index in [9.17, 15) is 0 Å². The zero-order chi connectivity index (χ0) is 17.8. The van der Waals surface area contributed by atoms with Crippen LogP contribution in [0, 0.1) is 6.92 Å². The van der Waals surface area contributed by atoms with Crippen LogP contribution in [0.15, 0.2) is 34.2 Å². The molecule has 0 radical (unpaired) electrons. The van der Waals surface area contributed by atoms with E-state index in [0.29, 0.717) is 11.6 Å². The molecule has 0 saturated heterocycles. The van der Waals surface area contributed by atoms with Gasteiger partial charge in [0.1, 0.15) is 5.82 Å². The molecule has 0 bridgehead atoms. The third-order valence-corrected chi connectivity index (χ3v) is 5.42. The average molecular weight is 374 g/mol. The van der Waals surface area contributed by atoms with E-state index in [4.69, 9.17) is 18.4 Å². The Bertz CT molecular complexity index is 865. The molecule has 2 heterocycles. The van der Waals surface area contributed by atoms with Crippen molar-refractivity contribution in [2.75, 3.05) is 25.1 Å². The Morgan fingerprint density at radius 1 is 1.36 bits per heavy atom. The molecule has 0 atom stereocenters. The van der Waals surface area contributed by atoms with Gasteiger partial charge in [0, 0.05) is 39.4 Å². The summed E-state index contributed by atoms with van der Waals surface area (Å²) >= 11 is 6.49. The summed E-state index contributed by atoms with van der Waals surface area (Å²) in [6.45, 7) is 2.85. The number of aromatic nitrogens is 5. The van der Waals surface area contributed by atoms with Crippen LogP contribution in [0.1, 0.15) is 5.56 Å². The molecule has 0 saturated carbocycles. The summed E-state index contributed by atoms with van der Waals surface area (Å²) in [4.78, 5) is 6.17. The van der Waals surface area contributed by atoms with Crippen LogP contribution in [0.2, 0.25) is 0 Å². The normalized spacial score (nSPS) is 11.0. The Hall–Kier alpha value is -2.10. The average Bonchev–Trinajstić information content (AvgIpc) is 3.13. The van der Waals surface area contributed by atoms with E-state index in [2.05, 4.69) is 37.0 Å². The third-order valence-electron chi connectivity index (χ3n) is 3.75. The van der Waals surface area contributed by atoms with Gasteiger partial charge in [0.25, 0.3) is 0 Å². The van der Waals surface area contributed by atoms with Gasteiger partial charge in [-0.1, -0.05) is 6.07 Å². The molecule has 2 aromatic heterocycles. The number of thiol groups is 1. The van der Waals surface area contributed by atoms with E-state index in [1.54, 1.807) is 18.0 Å². The highest BCUT2D eigenvalue weighted by Crippen LogP contribution is 2.40. The Morgan fingerprint density at radius 2 is 2.20 bits per heavy atom. The van der Waals surface area contributed by atoms with Gasteiger partial charge in [-0.25, -0.2) is 4.98 Å². The molecule has 0 aliphatic heterocycles. The van der Waals surface area contributed by atoms with E-state index in [0.717, 1.165) is 44.3 Å². The number of aromatic amines is 1. The standard InChI is InChI=1S/C16H19N7S2/c1-9-7-10(8-19-15(9)17)11-3-4-12(25-6-5-18-2)14(24)13(11)16-20-22-23-21-16/h3-4,7-8,18,24H,5-6H2,1-2H3,(H2,17,19)(H,20,21,22,23). The van der Waals surface area contributed by atoms with Crippen molar-refractivity contribution in [2.24, 2.45) is 0 Å². The van der Waals surface area contributed by atoms with Gasteiger partial charge in [-0.3, -0.25) is 0 Å². The summed E-state index contributed by atoms with van der Waals surface area (Å²) < 4.78 is 0. The van der Waals surface area contributed by atoms with Crippen molar-refractivity contribution in [3.63, 3.8) is 0 Å². The number of hydrogen-bond acceptors (Lipinski definition) is 8. The van der Waals surface area contributed by atoms with E-state index in [1.165, 1.54) is 0 Å². The van der Waals surface area contributed by atoms with Crippen molar-refractivity contribution in [3.05, 3.63) is 30.0 Å². The first kappa shape index (κ1) is 17.7. The molecule has 0 amide bonds. The van der Waals surface area contributed by atoms with Crippen LogP contribution in [0.4, 0.5) is 5.82 Å². The second-order valence-electron chi connectivity index (χ2n) is 5.45. The molecule has 3 rings (SSSR count). The number of thioether (sulfide) groups is 1. The van der Waals surface area contributed by atoms with Gasteiger partial charge in [0.2, 0.25) is 5.82 Å². The smallest absolute Gasteiger partial charge is 0.206 e. The van der Waals surface area contributed by atoms with Crippen molar-refractivity contribution >= 4 is 30.2 Å². The maximum atomic E-state index is 5.85. The summed E-state index contributed by atoms with van der Waals surface area (Å²) in [5.74, 6) is 1.97. The van der Waals surface area contributed by atoms with Gasteiger partial charge in [0.15, 0.2) is 0 Å². The number of pyridine rings is 1. The molecule has 0 fully saturated rings. The molecule has 3 aromatic rings. The van der Waals surface area contributed by atoms with E-state index >= 15 is 0 Å². The number of nitrogens with two attached hydrogens (primary N) is 1. The summed E-state index contributed by atoms with van der Waals surface area (Å²) in [6, 6.07) is 6.11. The first-order chi connectivity index (χ1) is 12.1. The second kappa shape index (κ2) is 7.85. The van der Waals surface area contributed by atoms with Crippen molar-refractivity contribution < 1.29 is 0 Å². The first-order valence-electron chi connectivity index (χ1n) is 7.71. The van der Waals surface area contributed by atoms with Gasteiger partial charge in [0.05, 0.1) is 0 Å². The molecule has 0 aliphatic rings. The molecule has 7 nitrogen and oxygen atoms in total. The Balaban J connectivity index is 2.11. The number of aryl methyl sites for hydroxylation is 1. The quantitative estimate of drug-likeness (QED) is 0.299. The lowest BCUT2D eigenvalue weighted by Crippen LogP contribution is -2.09. The minimum absolute atomic E-state index is 0.505. The number of nitrogens with zero attached hydrogens (tertiary/aromatic N) is 4. The molecular formula is C16H19N7S2. The number of nitrogens with one attached hydrogen (secondary N) is 2. The Labute approximate surface area is 155 Å². The van der Waals surface area contributed by atoms with Crippen LogP contribution >= 0.6 is 24.4 Å². The van der Waals surface area contributed by atoms with Gasteiger partial charge < -0.3 is 11.1 Å². The molecule has 0 aliphatic carbocycles. The molecule has 25 heavy (non-hydrogen) atoms. The van der Waals surface area contributed by atoms with Gasteiger partial charge in [-0.2, -0.15) is 5.21 Å². The Morgan fingerprint density at radius 3 is 2.88 bits per heavy atom. The minimum atomic E-state index is 0.505. The van der Waals surface area contributed by atoms with Gasteiger partial charge in [-0.15, -0.1) is 34.6 Å². The SMILES string of the molecule is CNCCSc1ccc(-c2cnc(N)c(C)c2)c(-c2nn[nH]n2)c1S. The summed E-state index contributed by atoms with van der Waals surface area (Å²) in [6.07, 6.45) is 1.75. The number of H-pyrrole nitrogens is 1. The zero-order valence-electron chi connectivity index (χ0n) is 13.9. The number of benzene rings is 1. The largest absolute Gasteiger partial charge is 0.383 e. The van der Waals surface area contributed by atoms with Crippen molar-refractivity contribution in [1.82, 2.24) is 30.9 Å². The maximum Gasteiger partial charge on any atom is 0.206 e. The molecule has 130 valence electrons. The lowest BCUT2D eigenvalue weighted by atomic mass is 9.99. The molecule has 1 aromatic carbocycles. The van der Waals surface area contributed by atoms with Crippen LogP contribution in [0.3, 0.4) is 0 Å². The number of nitrogen functional groups attached to an aromatic ring is 1. The van der Waals surface area contributed by atoms with Crippen molar-refractivity contribution in [3.8, 4) is 22.5 Å². The van der Waals surface area contributed by atoms with Crippen molar-refractivity contribution in [1.29, 1.82) is 0 Å². The Kier molecular flexibility index (Phi) is 5.57. The highest BCUT2D eigenvalue weighted by atomic mass is 32.2. The molecule has 4 N–H and O–H groups in total. The van der Waals surface area contributed by atoms with E-state index in [-0.39, 0.29) is 0 Å². The minimum Gasteiger partial charge on any atom is -0.383 e. The molecule has 0 spiro atoms. The number of hydrogen-bond donors (Lipinski definition) is 4. The van der Waals surface area contributed by atoms with Crippen LogP contribution in [-0.2, 0) is 0 Å². The van der Waals surface area contributed by atoms with Crippen molar-refractivity contribution in [2.45, 2.75) is 16.7 Å². The van der Waals surface area contributed by atoms with Gasteiger partial charge in [-0.05, 0) is 42.4 Å². The monoisotopic (exact) mass is 373 g/mol. The predicted molar refractivity (Wildman–Crippen MR) is 104 cm³/mol. The van der Waals surface area contributed by atoms with E-state index in [1.807, 2.05) is 26.1 Å².